The van der Waals surface area contributed by atoms with Crippen molar-refractivity contribution in [2.24, 2.45) is 0 Å². The lowest BCUT2D eigenvalue weighted by atomic mass is 9.67. The molecule has 0 aliphatic heterocycles. The maximum Gasteiger partial charge on any atom is 0.0688 e. The highest BCUT2D eigenvalue weighted by Gasteiger charge is 2.52. The fraction of sp³-hybridized carbons (Fsp3) is 0.0833. The molecule has 1 heterocycles. The lowest BCUT2D eigenvalue weighted by molar-refractivity contribution is 0.710. The Balaban J connectivity index is 1.32. The van der Waals surface area contributed by atoms with Crippen LogP contribution in [0.1, 0.15) is 42.0 Å². The minimum atomic E-state index is -0.367. The summed E-state index contributed by atoms with van der Waals surface area (Å²) in [6.45, 7) is 6.59. The number of benzene rings is 6. The molecule has 49 heavy (non-hydrogen) atoms. The number of allylic oxidation sites excluding steroid dienone is 9. The van der Waals surface area contributed by atoms with Crippen LogP contribution in [0.2, 0.25) is 0 Å². The molecule has 232 valence electrons. The van der Waals surface area contributed by atoms with Crippen molar-refractivity contribution in [3.05, 3.63) is 198 Å². The standard InChI is InChI=1S/C48H35N/c1-3-14-36-37-19-10-12-21-43(37)48(42(36)4-2)44-22-13-11-20-38(44)39-30-47-41(29-45(39)48)40-28-34(33-24-23-31-15-8-9-16-32(31)27-33)25-26-46(40)49(47)35-17-6-5-7-18-35/h3-12,14-21,23-30H,2,13,22H2,1H3/b14-3-. The van der Waals surface area contributed by atoms with Crippen molar-refractivity contribution >= 4 is 43.7 Å². The van der Waals surface area contributed by atoms with Crippen LogP contribution < -0.4 is 0 Å². The Morgan fingerprint density at radius 3 is 2.29 bits per heavy atom. The number of hydrogen-bond donors (Lipinski definition) is 0. The number of nitrogens with zero attached hydrogens (tertiary/aromatic N) is 1. The van der Waals surface area contributed by atoms with Crippen LogP contribution in [0.3, 0.4) is 0 Å². The Kier molecular flexibility index (Phi) is 6.05. The van der Waals surface area contributed by atoms with Crippen molar-refractivity contribution in [3.8, 4) is 16.8 Å². The molecule has 0 radical (unpaired) electrons. The molecular weight excluding hydrogens is 591 g/mol. The number of para-hydroxylation sites is 1. The van der Waals surface area contributed by atoms with Gasteiger partial charge in [0.15, 0.2) is 0 Å². The van der Waals surface area contributed by atoms with Gasteiger partial charge in [0.1, 0.15) is 0 Å². The molecule has 1 spiro atoms. The van der Waals surface area contributed by atoms with Crippen LogP contribution in [-0.4, -0.2) is 4.57 Å². The molecule has 1 nitrogen and oxygen atoms in total. The Morgan fingerprint density at radius 1 is 0.673 bits per heavy atom. The highest BCUT2D eigenvalue weighted by Crippen LogP contribution is 2.63. The summed E-state index contributed by atoms with van der Waals surface area (Å²) in [4.78, 5) is 0. The van der Waals surface area contributed by atoms with Crippen molar-refractivity contribution in [2.45, 2.75) is 25.2 Å². The third-order valence-electron chi connectivity index (χ3n) is 11.2. The van der Waals surface area contributed by atoms with Crippen molar-refractivity contribution in [1.82, 2.24) is 4.57 Å². The average molecular weight is 626 g/mol. The molecule has 0 N–H and O–H groups in total. The monoisotopic (exact) mass is 625 g/mol. The predicted molar refractivity (Wildman–Crippen MR) is 208 cm³/mol. The van der Waals surface area contributed by atoms with Crippen LogP contribution in [-0.2, 0) is 5.41 Å². The van der Waals surface area contributed by atoms with E-state index in [-0.39, 0.29) is 5.41 Å². The van der Waals surface area contributed by atoms with Crippen molar-refractivity contribution < 1.29 is 0 Å². The minimum Gasteiger partial charge on any atom is -0.309 e. The quantitative estimate of drug-likeness (QED) is 0.183. The molecule has 1 atom stereocenters. The smallest absolute Gasteiger partial charge is 0.0688 e. The van der Waals surface area contributed by atoms with Gasteiger partial charge in [0.05, 0.1) is 16.4 Å². The first-order valence-corrected chi connectivity index (χ1v) is 17.4. The SMILES string of the molecule is C=CC1=C(/C=C\C)c2ccccc2C12C1=C(C=CCC1)c1cc3c(cc12)c1cc(-c2ccc4ccccc4c2)ccc1n3-c1ccccc1. The van der Waals surface area contributed by atoms with Crippen molar-refractivity contribution in [1.29, 1.82) is 0 Å². The van der Waals surface area contributed by atoms with E-state index >= 15 is 0 Å². The third-order valence-corrected chi connectivity index (χ3v) is 11.2. The summed E-state index contributed by atoms with van der Waals surface area (Å²) in [7, 11) is 0. The molecule has 10 rings (SSSR count). The fourth-order valence-electron chi connectivity index (χ4n) is 9.23. The molecule has 0 amide bonds. The van der Waals surface area contributed by atoms with Gasteiger partial charge in [-0.3, -0.25) is 0 Å². The maximum atomic E-state index is 4.47. The van der Waals surface area contributed by atoms with Gasteiger partial charge in [-0.2, -0.15) is 0 Å². The van der Waals surface area contributed by atoms with E-state index in [0.717, 1.165) is 12.8 Å². The number of aromatic nitrogens is 1. The van der Waals surface area contributed by atoms with Crippen molar-refractivity contribution in [2.75, 3.05) is 0 Å². The lowest BCUT2D eigenvalue weighted by Crippen LogP contribution is -2.28. The third kappa shape index (κ3) is 3.76. The summed E-state index contributed by atoms with van der Waals surface area (Å²) in [5.41, 5.74) is 16.6. The van der Waals surface area contributed by atoms with Crippen LogP contribution in [0.5, 0.6) is 0 Å². The van der Waals surface area contributed by atoms with Crippen molar-refractivity contribution in [3.63, 3.8) is 0 Å². The summed E-state index contributed by atoms with van der Waals surface area (Å²) in [6.07, 6.45) is 13.4. The molecule has 1 aromatic heterocycles. The Bertz CT molecular complexity index is 2670. The van der Waals surface area contributed by atoms with E-state index in [4.69, 9.17) is 0 Å². The molecular formula is C48H35N. The van der Waals surface area contributed by atoms with Gasteiger partial charge in [0.2, 0.25) is 0 Å². The Labute approximate surface area is 287 Å². The van der Waals surface area contributed by atoms with Gasteiger partial charge in [-0.25, -0.2) is 0 Å². The average Bonchev–Trinajstić information content (AvgIpc) is 3.74. The van der Waals surface area contributed by atoms with E-state index in [1.165, 1.54) is 93.9 Å². The number of rotatable bonds is 4. The van der Waals surface area contributed by atoms with E-state index in [1.54, 1.807) is 0 Å². The van der Waals surface area contributed by atoms with E-state index in [0.29, 0.717) is 0 Å². The topological polar surface area (TPSA) is 4.93 Å². The van der Waals surface area contributed by atoms with Gasteiger partial charge in [0, 0.05) is 16.5 Å². The minimum absolute atomic E-state index is 0.367. The maximum absolute atomic E-state index is 4.47. The van der Waals surface area contributed by atoms with E-state index in [9.17, 15) is 0 Å². The lowest BCUT2D eigenvalue weighted by Gasteiger charge is -2.34. The van der Waals surface area contributed by atoms with Gasteiger partial charge in [-0.1, -0.05) is 122 Å². The predicted octanol–water partition coefficient (Wildman–Crippen LogP) is 12.5. The molecule has 1 unspecified atom stereocenters. The first kappa shape index (κ1) is 28.1. The largest absolute Gasteiger partial charge is 0.309 e. The molecule has 1 heteroatoms. The van der Waals surface area contributed by atoms with E-state index < -0.39 is 0 Å². The molecule has 0 fully saturated rings. The summed E-state index contributed by atoms with van der Waals surface area (Å²) in [6, 6.07) is 47.4. The molecule has 0 saturated heterocycles. The van der Waals surface area contributed by atoms with Crippen LogP contribution in [0, 0.1) is 0 Å². The highest BCUT2D eigenvalue weighted by molar-refractivity contribution is 6.13. The second-order valence-corrected chi connectivity index (χ2v) is 13.5. The molecule has 6 aromatic carbocycles. The fourth-order valence-corrected chi connectivity index (χ4v) is 9.23. The van der Waals surface area contributed by atoms with E-state index in [2.05, 4.69) is 176 Å². The normalized spacial score (nSPS) is 18.0. The molecule has 3 aliphatic rings. The molecule has 3 aliphatic carbocycles. The van der Waals surface area contributed by atoms with Gasteiger partial charge in [-0.05, 0) is 129 Å². The molecule has 0 saturated carbocycles. The van der Waals surface area contributed by atoms with Crippen LogP contribution in [0.25, 0.3) is 60.5 Å². The zero-order valence-electron chi connectivity index (χ0n) is 27.6. The van der Waals surface area contributed by atoms with Crippen LogP contribution in [0.15, 0.2) is 175 Å². The number of fused-ring (bicyclic) bond motifs is 10. The second-order valence-electron chi connectivity index (χ2n) is 13.5. The van der Waals surface area contributed by atoms with Gasteiger partial charge in [0.25, 0.3) is 0 Å². The summed E-state index contributed by atoms with van der Waals surface area (Å²) in [5, 5.41) is 5.08. The summed E-state index contributed by atoms with van der Waals surface area (Å²) in [5.74, 6) is 0. The van der Waals surface area contributed by atoms with Crippen LogP contribution in [0.4, 0.5) is 0 Å². The van der Waals surface area contributed by atoms with Gasteiger partial charge < -0.3 is 4.57 Å². The first-order chi connectivity index (χ1) is 24.2. The van der Waals surface area contributed by atoms with Gasteiger partial charge >= 0.3 is 0 Å². The summed E-state index contributed by atoms with van der Waals surface area (Å²) < 4.78 is 2.46. The zero-order valence-corrected chi connectivity index (χ0v) is 27.6. The van der Waals surface area contributed by atoms with Gasteiger partial charge in [-0.15, -0.1) is 0 Å². The zero-order chi connectivity index (χ0) is 32.7. The molecule has 7 aromatic rings. The summed E-state index contributed by atoms with van der Waals surface area (Å²) >= 11 is 0. The Hall–Kier alpha value is -5.92. The van der Waals surface area contributed by atoms with E-state index in [1.807, 2.05) is 0 Å². The number of hydrogen-bond acceptors (Lipinski definition) is 0. The Morgan fingerprint density at radius 2 is 1.43 bits per heavy atom. The molecule has 0 bridgehead atoms. The highest BCUT2D eigenvalue weighted by atomic mass is 15.0. The second kappa shape index (κ2) is 10.5. The first-order valence-electron chi connectivity index (χ1n) is 17.4. The van der Waals surface area contributed by atoms with Crippen LogP contribution >= 0.6 is 0 Å².